The molecule has 24 heavy (non-hydrogen) atoms. The van der Waals surface area contributed by atoms with Crippen molar-refractivity contribution < 1.29 is 4.79 Å². The molecule has 0 aliphatic heterocycles. The first-order chi connectivity index (χ1) is 11.8. The minimum atomic E-state index is 0.311. The normalized spacial score (nSPS) is 14.9. The fourth-order valence-corrected chi connectivity index (χ4v) is 4.37. The van der Waals surface area contributed by atoms with Crippen LogP contribution in [0.25, 0.3) is 22.3 Å². The van der Waals surface area contributed by atoms with Gasteiger partial charge in [-0.25, -0.2) is 0 Å². The van der Waals surface area contributed by atoms with Crippen molar-refractivity contribution in [2.75, 3.05) is 0 Å². The molecule has 0 atom stereocenters. The summed E-state index contributed by atoms with van der Waals surface area (Å²) in [5.74, 6) is 0.311. The summed E-state index contributed by atoms with van der Waals surface area (Å²) in [6, 6.07) is 21.3. The highest BCUT2D eigenvalue weighted by molar-refractivity contribution is 6.08. The molecule has 0 bridgehead atoms. The van der Waals surface area contributed by atoms with Crippen molar-refractivity contribution >= 4 is 5.78 Å². The van der Waals surface area contributed by atoms with E-state index in [9.17, 15) is 4.79 Å². The zero-order valence-electron chi connectivity index (χ0n) is 13.5. The minimum absolute atomic E-state index is 0.311. The van der Waals surface area contributed by atoms with Crippen LogP contribution in [-0.2, 0) is 19.3 Å². The summed E-state index contributed by atoms with van der Waals surface area (Å²) in [5.41, 5.74) is 10.1. The molecule has 3 aromatic carbocycles. The maximum absolute atomic E-state index is 12.6. The number of benzene rings is 3. The van der Waals surface area contributed by atoms with Crippen LogP contribution in [0.5, 0.6) is 0 Å². The first-order valence-corrected chi connectivity index (χ1v) is 8.68. The van der Waals surface area contributed by atoms with Crippen molar-refractivity contribution in [2.45, 2.75) is 25.7 Å². The minimum Gasteiger partial charge on any atom is -0.294 e. The lowest BCUT2D eigenvalue weighted by molar-refractivity contribution is 0.0995. The van der Waals surface area contributed by atoms with Gasteiger partial charge in [0.05, 0.1) is 0 Å². The second-order valence-corrected chi connectivity index (χ2v) is 6.75. The zero-order chi connectivity index (χ0) is 16.1. The van der Waals surface area contributed by atoms with Crippen molar-refractivity contribution in [3.8, 4) is 22.3 Å². The number of carbonyl (C=O) groups excluding carboxylic acids is 1. The van der Waals surface area contributed by atoms with E-state index < -0.39 is 0 Å². The Labute approximate surface area is 142 Å². The topological polar surface area (TPSA) is 17.1 Å². The monoisotopic (exact) mass is 310 g/mol. The van der Waals surface area contributed by atoms with E-state index in [4.69, 9.17) is 0 Å². The molecule has 0 unspecified atom stereocenters. The predicted octanol–water partition coefficient (Wildman–Crippen LogP) is 5.25. The Bertz CT molecular complexity index is 967. The van der Waals surface area contributed by atoms with Crippen LogP contribution < -0.4 is 0 Å². The van der Waals surface area contributed by atoms with Crippen LogP contribution in [0.4, 0.5) is 0 Å². The molecule has 1 nitrogen and oxygen atoms in total. The molecule has 0 amide bonds. The SMILES string of the molecule is O=C1CCc2c3c(cc(-c4ccccc4)c21)-c1ccccc1CC3. The zero-order valence-corrected chi connectivity index (χ0v) is 13.5. The summed E-state index contributed by atoms with van der Waals surface area (Å²) in [6.45, 7) is 0. The average molecular weight is 310 g/mol. The quantitative estimate of drug-likeness (QED) is 0.600. The Balaban J connectivity index is 1.85. The molecule has 1 heteroatoms. The van der Waals surface area contributed by atoms with Gasteiger partial charge in [-0.15, -0.1) is 0 Å². The standard InChI is InChI=1S/C23H18O/c24-22-13-12-19-18-11-10-16-8-4-5-9-17(16)21(18)14-20(23(19)22)15-6-2-1-3-7-15/h1-9,14H,10-13H2. The fourth-order valence-electron chi connectivity index (χ4n) is 4.37. The van der Waals surface area contributed by atoms with Gasteiger partial charge in [0.1, 0.15) is 0 Å². The fraction of sp³-hybridized carbons (Fsp3) is 0.174. The number of carbonyl (C=O) groups is 1. The van der Waals surface area contributed by atoms with Crippen molar-refractivity contribution in [1.82, 2.24) is 0 Å². The molecular weight excluding hydrogens is 292 g/mol. The third-order valence-electron chi connectivity index (χ3n) is 5.47. The Morgan fingerprint density at radius 2 is 1.38 bits per heavy atom. The van der Waals surface area contributed by atoms with Gasteiger partial charge in [0.15, 0.2) is 5.78 Å². The summed E-state index contributed by atoms with van der Waals surface area (Å²) in [7, 11) is 0. The van der Waals surface area contributed by atoms with Crippen LogP contribution in [0, 0.1) is 0 Å². The Morgan fingerprint density at radius 1 is 0.625 bits per heavy atom. The van der Waals surface area contributed by atoms with Crippen molar-refractivity contribution in [3.63, 3.8) is 0 Å². The van der Waals surface area contributed by atoms with E-state index in [0.29, 0.717) is 12.2 Å². The van der Waals surface area contributed by atoms with E-state index in [-0.39, 0.29) is 0 Å². The predicted molar refractivity (Wildman–Crippen MR) is 97.4 cm³/mol. The van der Waals surface area contributed by atoms with Crippen molar-refractivity contribution in [3.05, 3.63) is 82.9 Å². The van der Waals surface area contributed by atoms with Gasteiger partial charge in [-0.1, -0.05) is 54.6 Å². The summed E-state index contributed by atoms with van der Waals surface area (Å²) < 4.78 is 0. The number of fused-ring (bicyclic) bond motifs is 5. The Kier molecular flexibility index (Phi) is 2.96. The first kappa shape index (κ1) is 13.7. The molecule has 0 aromatic heterocycles. The lowest BCUT2D eigenvalue weighted by atomic mass is 9.80. The van der Waals surface area contributed by atoms with Crippen LogP contribution >= 0.6 is 0 Å². The molecule has 5 rings (SSSR count). The van der Waals surface area contributed by atoms with Crippen LogP contribution in [0.15, 0.2) is 60.7 Å². The van der Waals surface area contributed by atoms with Gasteiger partial charge in [-0.3, -0.25) is 4.79 Å². The van der Waals surface area contributed by atoms with Gasteiger partial charge < -0.3 is 0 Å². The van der Waals surface area contributed by atoms with E-state index >= 15 is 0 Å². The van der Waals surface area contributed by atoms with Crippen LogP contribution in [-0.4, -0.2) is 5.78 Å². The molecule has 2 aliphatic rings. The largest absolute Gasteiger partial charge is 0.294 e. The highest BCUT2D eigenvalue weighted by atomic mass is 16.1. The van der Waals surface area contributed by atoms with Crippen LogP contribution in [0.3, 0.4) is 0 Å². The second kappa shape index (κ2) is 5.17. The van der Waals surface area contributed by atoms with E-state index in [2.05, 4.69) is 54.6 Å². The summed E-state index contributed by atoms with van der Waals surface area (Å²) in [6.07, 6.45) is 3.69. The summed E-state index contributed by atoms with van der Waals surface area (Å²) in [5, 5.41) is 0. The summed E-state index contributed by atoms with van der Waals surface area (Å²) in [4.78, 5) is 12.6. The molecule has 0 radical (unpaired) electrons. The average Bonchev–Trinajstić information content (AvgIpc) is 3.04. The lowest BCUT2D eigenvalue weighted by Gasteiger charge is -2.24. The second-order valence-electron chi connectivity index (χ2n) is 6.75. The maximum Gasteiger partial charge on any atom is 0.164 e. The van der Waals surface area contributed by atoms with Gasteiger partial charge in [0.25, 0.3) is 0 Å². The number of hydrogen-bond donors (Lipinski definition) is 0. The van der Waals surface area contributed by atoms with Crippen LogP contribution in [0.1, 0.15) is 33.5 Å². The van der Waals surface area contributed by atoms with E-state index in [0.717, 1.165) is 36.0 Å². The number of Topliss-reactive ketones (excluding diaryl/α,β-unsaturated/α-hetero) is 1. The highest BCUT2D eigenvalue weighted by Crippen LogP contribution is 2.43. The number of hydrogen-bond acceptors (Lipinski definition) is 1. The van der Waals surface area contributed by atoms with E-state index in [1.54, 1.807) is 0 Å². The number of rotatable bonds is 1. The van der Waals surface area contributed by atoms with Gasteiger partial charge in [-0.05, 0) is 64.3 Å². The molecule has 0 saturated heterocycles. The third kappa shape index (κ3) is 1.91. The molecule has 3 aromatic rings. The third-order valence-corrected chi connectivity index (χ3v) is 5.47. The van der Waals surface area contributed by atoms with E-state index in [1.807, 2.05) is 6.07 Å². The van der Waals surface area contributed by atoms with Crippen molar-refractivity contribution in [1.29, 1.82) is 0 Å². The summed E-state index contributed by atoms with van der Waals surface area (Å²) >= 11 is 0. The van der Waals surface area contributed by atoms with Gasteiger partial charge >= 0.3 is 0 Å². The number of aryl methyl sites for hydroxylation is 1. The van der Waals surface area contributed by atoms with E-state index in [1.165, 1.54) is 27.8 Å². The molecule has 0 heterocycles. The number of ketones is 1. The highest BCUT2D eigenvalue weighted by Gasteiger charge is 2.30. The van der Waals surface area contributed by atoms with Gasteiger partial charge in [-0.2, -0.15) is 0 Å². The molecule has 116 valence electrons. The Hall–Kier alpha value is -2.67. The molecule has 0 N–H and O–H groups in total. The van der Waals surface area contributed by atoms with Crippen molar-refractivity contribution in [2.24, 2.45) is 0 Å². The Morgan fingerprint density at radius 3 is 2.25 bits per heavy atom. The smallest absolute Gasteiger partial charge is 0.164 e. The van der Waals surface area contributed by atoms with Crippen LogP contribution in [0.2, 0.25) is 0 Å². The molecule has 0 saturated carbocycles. The van der Waals surface area contributed by atoms with Gasteiger partial charge in [0.2, 0.25) is 0 Å². The van der Waals surface area contributed by atoms with Gasteiger partial charge in [0, 0.05) is 12.0 Å². The molecule has 0 spiro atoms. The maximum atomic E-state index is 12.6. The molecule has 2 aliphatic carbocycles. The lowest BCUT2D eigenvalue weighted by Crippen LogP contribution is -2.09. The molecular formula is C23H18O. The first-order valence-electron chi connectivity index (χ1n) is 8.68. The molecule has 0 fully saturated rings.